The molecule has 1 saturated carbocycles. The van der Waals surface area contributed by atoms with Gasteiger partial charge in [-0.3, -0.25) is 9.79 Å². The van der Waals surface area contributed by atoms with E-state index in [1.165, 1.54) is 12.8 Å². The molecule has 90 valence electrons. The van der Waals surface area contributed by atoms with E-state index < -0.39 is 0 Å². The third kappa shape index (κ3) is 3.12. The lowest BCUT2D eigenvalue weighted by atomic mass is 9.97. The van der Waals surface area contributed by atoms with E-state index in [0.29, 0.717) is 30.9 Å². The van der Waals surface area contributed by atoms with Crippen molar-refractivity contribution >= 4 is 11.9 Å². The first-order valence-electron chi connectivity index (χ1n) is 5.95. The van der Waals surface area contributed by atoms with E-state index in [0.717, 1.165) is 13.0 Å². The number of aliphatic imine (C=N–C) groups is 1. The molecule has 2 fully saturated rings. The predicted molar refractivity (Wildman–Crippen MR) is 63.0 cm³/mol. The third-order valence-corrected chi connectivity index (χ3v) is 3.21. The summed E-state index contributed by atoms with van der Waals surface area (Å²) in [6.07, 6.45) is 4.03. The zero-order valence-corrected chi connectivity index (χ0v) is 9.78. The summed E-state index contributed by atoms with van der Waals surface area (Å²) in [5, 5.41) is 3.15. The van der Waals surface area contributed by atoms with E-state index in [2.05, 4.69) is 10.3 Å². The highest BCUT2D eigenvalue weighted by Crippen LogP contribution is 2.19. The zero-order valence-electron chi connectivity index (χ0n) is 9.78. The van der Waals surface area contributed by atoms with Crippen LogP contribution in [0.4, 0.5) is 0 Å². The number of guanidine groups is 1. The normalized spacial score (nSPS) is 27.1. The van der Waals surface area contributed by atoms with E-state index in [-0.39, 0.29) is 5.91 Å². The van der Waals surface area contributed by atoms with Crippen LogP contribution in [-0.4, -0.2) is 42.9 Å². The van der Waals surface area contributed by atoms with Gasteiger partial charge in [-0.1, -0.05) is 0 Å². The number of nitrogens with two attached hydrogens (primary N) is 1. The van der Waals surface area contributed by atoms with E-state index in [1.54, 1.807) is 4.90 Å². The number of rotatable bonds is 3. The molecule has 1 atom stereocenters. The van der Waals surface area contributed by atoms with Gasteiger partial charge in [0.1, 0.15) is 0 Å². The Morgan fingerprint density at radius 2 is 2.31 bits per heavy atom. The molecule has 1 aliphatic carbocycles. The number of likely N-dealkylation sites (tertiary alicyclic amines) is 1. The Labute approximate surface area is 96.1 Å². The molecule has 0 spiro atoms. The highest BCUT2D eigenvalue weighted by atomic mass is 16.2. The van der Waals surface area contributed by atoms with Crippen LogP contribution >= 0.6 is 0 Å². The number of hydrogen-bond donors (Lipinski definition) is 2. The number of nitrogens with one attached hydrogen (secondary N) is 1. The average Bonchev–Trinajstić information content (AvgIpc) is 3.04. The highest BCUT2D eigenvalue weighted by molar-refractivity contribution is 5.79. The van der Waals surface area contributed by atoms with Gasteiger partial charge in [0.2, 0.25) is 5.91 Å². The molecule has 5 heteroatoms. The first-order valence-corrected chi connectivity index (χ1v) is 5.95. The molecule has 2 rings (SSSR count). The lowest BCUT2D eigenvalue weighted by molar-refractivity contribution is -0.133. The van der Waals surface area contributed by atoms with Gasteiger partial charge < -0.3 is 16.0 Å². The summed E-state index contributed by atoms with van der Waals surface area (Å²) in [7, 11) is 1.85. The Morgan fingerprint density at radius 1 is 1.56 bits per heavy atom. The Hall–Kier alpha value is -1.26. The number of piperidine rings is 1. The molecule has 1 aliphatic heterocycles. The van der Waals surface area contributed by atoms with Gasteiger partial charge >= 0.3 is 0 Å². The minimum Gasteiger partial charge on any atom is -0.370 e. The lowest BCUT2D eigenvalue weighted by Gasteiger charge is -2.27. The SMILES string of the molecule is CN1CCC(CN=C(N)NC2CC2)CC1=O. The van der Waals surface area contributed by atoms with Crippen LogP contribution in [-0.2, 0) is 4.79 Å². The molecule has 0 aromatic carbocycles. The van der Waals surface area contributed by atoms with Gasteiger partial charge in [0.25, 0.3) is 0 Å². The Kier molecular flexibility index (Phi) is 3.31. The number of carbonyl (C=O) groups excluding carboxylic acids is 1. The van der Waals surface area contributed by atoms with Crippen molar-refractivity contribution in [2.75, 3.05) is 20.1 Å². The number of hydrogen-bond acceptors (Lipinski definition) is 2. The second-order valence-electron chi connectivity index (χ2n) is 4.82. The van der Waals surface area contributed by atoms with Crippen molar-refractivity contribution in [1.29, 1.82) is 0 Å². The minimum atomic E-state index is 0.222. The summed E-state index contributed by atoms with van der Waals surface area (Å²) in [6, 6.07) is 0.544. The van der Waals surface area contributed by atoms with Crippen LogP contribution in [0.2, 0.25) is 0 Å². The standard InChI is InChI=1S/C11H20N4O/c1-15-5-4-8(6-10(15)16)7-13-11(12)14-9-2-3-9/h8-9H,2-7H2,1H3,(H3,12,13,14). The number of nitrogens with zero attached hydrogens (tertiary/aromatic N) is 2. The quantitative estimate of drug-likeness (QED) is 0.520. The van der Waals surface area contributed by atoms with Crippen LogP contribution in [0, 0.1) is 5.92 Å². The van der Waals surface area contributed by atoms with Gasteiger partial charge in [0, 0.05) is 32.6 Å². The van der Waals surface area contributed by atoms with Gasteiger partial charge in [-0.25, -0.2) is 0 Å². The van der Waals surface area contributed by atoms with E-state index in [4.69, 9.17) is 5.73 Å². The van der Waals surface area contributed by atoms with E-state index in [1.807, 2.05) is 7.05 Å². The smallest absolute Gasteiger partial charge is 0.222 e. The van der Waals surface area contributed by atoms with Gasteiger partial charge in [0.15, 0.2) is 5.96 Å². The van der Waals surface area contributed by atoms with Crippen LogP contribution in [0.3, 0.4) is 0 Å². The molecule has 2 aliphatic rings. The van der Waals surface area contributed by atoms with Crippen LogP contribution in [0.25, 0.3) is 0 Å². The monoisotopic (exact) mass is 224 g/mol. The molecule has 0 radical (unpaired) electrons. The molecule has 1 unspecified atom stereocenters. The van der Waals surface area contributed by atoms with Crippen molar-refractivity contribution < 1.29 is 4.79 Å². The maximum atomic E-state index is 11.5. The summed E-state index contributed by atoms with van der Waals surface area (Å²) < 4.78 is 0. The summed E-state index contributed by atoms with van der Waals surface area (Å²) in [6.45, 7) is 1.51. The highest BCUT2D eigenvalue weighted by Gasteiger charge is 2.24. The molecule has 1 amide bonds. The maximum absolute atomic E-state index is 11.5. The van der Waals surface area contributed by atoms with Crippen LogP contribution in [0.15, 0.2) is 4.99 Å². The summed E-state index contributed by atoms with van der Waals surface area (Å²) in [5.41, 5.74) is 5.74. The number of carbonyl (C=O) groups is 1. The lowest BCUT2D eigenvalue weighted by Crippen LogP contribution is -2.37. The second-order valence-corrected chi connectivity index (χ2v) is 4.82. The van der Waals surface area contributed by atoms with Crippen LogP contribution < -0.4 is 11.1 Å². The maximum Gasteiger partial charge on any atom is 0.222 e. The third-order valence-electron chi connectivity index (χ3n) is 3.21. The summed E-state index contributed by atoms with van der Waals surface area (Å²) in [5.74, 6) is 1.12. The fourth-order valence-electron chi connectivity index (χ4n) is 1.87. The van der Waals surface area contributed by atoms with E-state index >= 15 is 0 Å². The van der Waals surface area contributed by atoms with E-state index in [9.17, 15) is 4.79 Å². The second kappa shape index (κ2) is 4.72. The molecule has 0 bridgehead atoms. The molecule has 16 heavy (non-hydrogen) atoms. The minimum absolute atomic E-state index is 0.222. The largest absolute Gasteiger partial charge is 0.370 e. The molecular weight excluding hydrogens is 204 g/mol. The molecule has 0 aromatic rings. The first-order chi connectivity index (χ1) is 7.65. The molecule has 5 nitrogen and oxygen atoms in total. The van der Waals surface area contributed by atoms with Crippen LogP contribution in [0.5, 0.6) is 0 Å². The van der Waals surface area contributed by atoms with Crippen molar-refractivity contribution in [3.63, 3.8) is 0 Å². The fraction of sp³-hybridized carbons (Fsp3) is 0.818. The molecule has 3 N–H and O–H groups in total. The van der Waals surface area contributed by atoms with Crippen LogP contribution in [0.1, 0.15) is 25.7 Å². The van der Waals surface area contributed by atoms with Gasteiger partial charge in [0.05, 0.1) is 0 Å². The van der Waals surface area contributed by atoms with Crippen molar-refractivity contribution in [1.82, 2.24) is 10.2 Å². The molecular formula is C11H20N4O. The first kappa shape index (κ1) is 11.2. The van der Waals surface area contributed by atoms with Gasteiger partial charge in [-0.2, -0.15) is 0 Å². The average molecular weight is 224 g/mol. The Bertz CT molecular complexity index is 298. The Morgan fingerprint density at radius 3 is 2.94 bits per heavy atom. The molecule has 1 heterocycles. The predicted octanol–water partition coefficient (Wildman–Crippen LogP) is -0.0785. The molecule has 1 saturated heterocycles. The van der Waals surface area contributed by atoms with Crippen molar-refractivity contribution in [3.05, 3.63) is 0 Å². The number of amides is 1. The fourth-order valence-corrected chi connectivity index (χ4v) is 1.87. The van der Waals surface area contributed by atoms with Crippen molar-refractivity contribution in [2.45, 2.75) is 31.7 Å². The Balaban J connectivity index is 1.74. The summed E-state index contributed by atoms with van der Waals surface area (Å²) >= 11 is 0. The van der Waals surface area contributed by atoms with Crippen molar-refractivity contribution in [2.24, 2.45) is 16.6 Å². The topological polar surface area (TPSA) is 70.7 Å². The zero-order chi connectivity index (χ0) is 11.5. The van der Waals surface area contributed by atoms with Crippen molar-refractivity contribution in [3.8, 4) is 0 Å². The van der Waals surface area contributed by atoms with Gasteiger partial charge in [-0.05, 0) is 25.2 Å². The summed E-state index contributed by atoms with van der Waals surface area (Å²) in [4.78, 5) is 17.6. The van der Waals surface area contributed by atoms with Gasteiger partial charge in [-0.15, -0.1) is 0 Å². The molecule has 0 aromatic heterocycles.